The van der Waals surface area contributed by atoms with E-state index in [1.165, 1.54) is 16.3 Å². The Labute approximate surface area is 176 Å². The Hall–Kier alpha value is -2.59. The molecule has 1 aromatic carbocycles. The van der Waals surface area contributed by atoms with Crippen LogP contribution in [0.2, 0.25) is 0 Å². The molecule has 0 saturated carbocycles. The van der Waals surface area contributed by atoms with Crippen LogP contribution in [0.1, 0.15) is 20.3 Å². The van der Waals surface area contributed by atoms with Crippen molar-refractivity contribution in [1.82, 2.24) is 19.1 Å². The van der Waals surface area contributed by atoms with Crippen LogP contribution in [0.5, 0.6) is 0 Å². The summed E-state index contributed by atoms with van der Waals surface area (Å²) in [6, 6.07) is 5.90. The number of ether oxygens (including phenoxy) is 1. The number of aryl methyl sites for hydroxylation is 1. The molecule has 0 unspecified atom stereocenters. The highest BCUT2D eigenvalue weighted by Gasteiger charge is 2.29. The fraction of sp³-hybridized carbons (Fsp3) is 0.500. The Bertz CT molecular complexity index is 1030. The third-order valence-corrected chi connectivity index (χ3v) is 7.25. The Morgan fingerprint density at radius 1 is 1.17 bits per heavy atom. The van der Waals surface area contributed by atoms with Gasteiger partial charge in [0.15, 0.2) is 0 Å². The number of rotatable bonds is 5. The Morgan fingerprint density at radius 2 is 1.93 bits per heavy atom. The summed E-state index contributed by atoms with van der Waals surface area (Å²) < 4.78 is 34.5. The third kappa shape index (κ3) is 4.44. The van der Waals surface area contributed by atoms with E-state index in [4.69, 9.17) is 0 Å². The highest BCUT2D eigenvalue weighted by Crippen LogP contribution is 2.24. The van der Waals surface area contributed by atoms with Gasteiger partial charge in [-0.25, -0.2) is 18.0 Å². The number of fused-ring (bicyclic) bond motifs is 1. The first-order valence-corrected chi connectivity index (χ1v) is 11.4. The number of aromatic nitrogens is 1. The predicted octanol–water partition coefficient (Wildman–Crippen LogP) is 1.63. The maximum absolute atomic E-state index is 13.2. The normalized spacial score (nSPS) is 16.8. The van der Waals surface area contributed by atoms with Gasteiger partial charge in [0.25, 0.3) is 0 Å². The SMILES string of the molecule is CCn1ccc2cc(S(=O)(=O)N3CCCN(C(=O)N[C@H](C)C(=O)OC)CC3)ccc21. The van der Waals surface area contributed by atoms with Crippen molar-refractivity contribution < 1.29 is 22.7 Å². The first kappa shape index (κ1) is 22.1. The minimum absolute atomic E-state index is 0.191. The maximum Gasteiger partial charge on any atom is 0.328 e. The molecule has 30 heavy (non-hydrogen) atoms. The van der Waals surface area contributed by atoms with E-state index in [0.717, 1.165) is 17.4 Å². The number of benzene rings is 1. The number of urea groups is 1. The Kier molecular flexibility index (Phi) is 6.67. The molecule has 1 aliphatic heterocycles. The van der Waals surface area contributed by atoms with Crippen molar-refractivity contribution in [2.24, 2.45) is 0 Å². The Morgan fingerprint density at radius 3 is 2.63 bits per heavy atom. The number of carbonyl (C=O) groups excluding carboxylic acids is 2. The van der Waals surface area contributed by atoms with Gasteiger partial charge in [-0.05, 0) is 44.5 Å². The van der Waals surface area contributed by atoms with Crippen LogP contribution >= 0.6 is 0 Å². The second-order valence-corrected chi connectivity index (χ2v) is 9.20. The number of sulfonamides is 1. The highest BCUT2D eigenvalue weighted by atomic mass is 32.2. The third-order valence-electron chi connectivity index (χ3n) is 5.36. The molecular formula is C20H28N4O5S. The summed E-state index contributed by atoms with van der Waals surface area (Å²) >= 11 is 0. The van der Waals surface area contributed by atoms with Crippen LogP contribution in [-0.2, 0) is 26.1 Å². The maximum atomic E-state index is 13.2. The average molecular weight is 437 g/mol. The lowest BCUT2D eigenvalue weighted by atomic mass is 10.2. The van der Waals surface area contributed by atoms with Crippen molar-refractivity contribution in [3.8, 4) is 0 Å². The van der Waals surface area contributed by atoms with Crippen LogP contribution in [0.3, 0.4) is 0 Å². The van der Waals surface area contributed by atoms with Gasteiger partial charge in [-0.15, -0.1) is 0 Å². The number of amides is 2. The topological polar surface area (TPSA) is 101 Å². The molecule has 10 heteroatoms. The smallest absolute Gasteiger partial charge is 0.328 e. The van der Waals surface area contributed by atoms with Crippen LogP contribution in [0.15, 0.2) is 35.4 Å². The molecule has 9 nitrogen and oxygen atoms in total. The van der Waals surface area contributed by atoms with Crippen molar-refractivity contribution in [3.63, 3.8) is 0 Å². The molecule has 0 spiro atoms. The number of methoxy groups -OCH3 is 1. The molecule has 2 aromatic rings. The number of esters is 1. The predicted molar refractivity (Wildman–Crippen MR) is 113 cm³/mol. The summed E-state index contributed by atoms with van der Waals surface area (Å²) in [5.41, 5.74) is 0.995. The van der Waals surface area contributed by atoms with Gasteiger partial charge in [0.05, 0.1) is 12.0 Å². The first-order valence-electron chi connectivity index (χ1n) is 10.00. The monoisotopic (exact) mass is 436 g/mol. The van der Waals surface area contributed by atoms with Gasteiger partial charge in [-0.2, -0.15) is 4.31 Å². The highest BCUT2D eigenvalue weighted by molar-refractivity contribution is 7.89. The lowest BCUT2D eigenvalue weighted by Gasteiger charge is -2.23. The Balaban J connectivity index is 1.71. The summed E-state index contributed by atoms with van der Waals surface area (Å²) in [6.07, 6.45) is 2.45. The lowest BCUT2D eigenvalue weighted by Crippen LogP contribution is -2.48. The molecule has 1 fully saturated rings. The summed E-state index contributed by atoms with van der Waals surface area (Å²) in [6.45, 7) is 5.56. The van der Waals surface area contributed by atoms with E-state index < -0.39 is 28.1 Å². The molecule has 0 aliphatic carbocycles. The van der Waals surface area contributed by atoms with Crippen molar-refractivity contribution in [1.29, 1.82) is 0 Å². The molecule has 164 valence electrons. The largest absolute Gasteiger partial charge is 0.467 e. The van der Waals surface area contributed by atoms with Crippen LogP contribution < -0.4 is 5.32 Å². The van der Waals surface area contributed by atoms with E-state index >= 15 is 0 Å². The second kappa shape index (κ2) is 9.05. The number of hydrogen-bond acceptors (Lipinski definition) is 5. The van der Waals surface area contributed by atoms with Gasteiger partial charge in [0.2, 0.25) is 10.0 Å². The molecule has 1 saturated heterocycles. The van der Waals surface area contributed by atoms with E-state index in [-0.39, 0.29) is 18.0 Å². The van der Waals surface area contributed by atoms with Crippen LogP contribution in [0.25, 0.3) is 10.9 Å². The summed E-state index contributed by atoms with van der Waals surface area (Å²) in [7, 11) is -2.41. The first-order chi connectivity index (χ1) is 14.3. The zero-order chi connectivity index (χ0) is 21.9. The molecule has 1 atom stereocenters. The molecule has 1 aromatic heterocycles. The molecule has 1 N–H and O–H groups in total. The number of hydrogen-bond donors (Lipinski definition) is 1. The van der Waals surface area contributed by atoms with E-state index in [0.29, 0.717) is 19.5 Å². The minimum Gasteiger partial charge on any atom is -0.467 e. The number of nitrogens with zero attached hydrogens (tertiary/aromatic N) is 3. The summed E-state index contributed by atoms with van der Waals surface area (Å²) in [4.78, 5) is 25.7. The lowest BCUT2D eigenvalue weighted by molar-refractivity contribution is -0.142. The summed E-state index contributed by atoms with van der Waals surface area (Å²) in [5, 5.41) is 3.46. The molecular weight excluding hydrogens is 408 g/mol. The number of carbonyl (C=O) groups is 2. The fourth-order valence-electron chi connectivity index (χ4n) is 3.61. The zero-order valence-electron chi connectivity index (χ0n) is 17.5. The molecule has 0 bridgehead atoms. The molecule has 1 aliphatic rings. The van der Waals surface area contributed by atoms with Crippen molar-refractivity contribution in [2.45, 2.75) is 37.8 Å². The molecule has 2 heterocycles. The van der Waals surface area contributed by atoms with E-state index in [2.05, 4.69) is 14.6 Å². The molecule has 3 rings (SSSR count). The average Bonchev–Trinajstić information content (AvgIpc) is 2.98. The van der Waals surface area contributed by atoms with E-state index in [1.807, 2.05) is 25.3 Å². The standard InChI is InChI=1S/C20H28N4O5S/c1-4-22-11-8-16-14-17(6-7-18(16)22)30(27,28)24-10-5-9-23(12-13-24)20(26)21-15(2)19(25)29-3/h6-8,11,14-15H,4-5,9-10,12-13H2,1-3H3,(H,21,26)/t15-/m1/s1. The quantitative estimate of drug-likeness (QED) is 0.718. The van der Waals surface area contributed by atoms with Crippen molar-refractivity contribution in [2.75, 3.05) is 33.3 Å². The van der Waals surface area contributed by atoms with Gasteiger partial charge in [0.1, 0.15) is 6.04 Å². The van der Waals surface area contributed by atoms with E-state index in [9.17, 15) is 18.0 Å². The van der Waals surface area contributed by atoms with Gasteiger partial charge in [-0.1, -0.05) is 0 Å². The van der Waals surface area contributed by atoms with Gasteiger partial charge >= 0.3 is 12.0 Å². The van der Waals surface area contributed by atoms with Crippen LogP contribution in [0.4, 0.5) is 4.79 Å². The van der Waals surface area contributed by atoms with Crippen LogP contribution in [-0.4, -0.2) is 73.5 Å². The van der Waals surface area contributed by atoms with Gasteiger partial charge in [-0.3, -0.25) is 0 Å². The summed E-state index contributed by atoms with van der Waals surface area (Å²) in [5.74, 6) is -0.533. The van der Waals surface area contributed by atoms with Gasteiger partial charge < -0.3 is 19.5 Å². The number of nitrogens with one attached hydrogen (secondary N) is 1. The van der Waals surface area contributed by atoms with Crippen molar-refractivity contribution in [3.05, 3.63) is 30.5 Å². The fourth-order valence-corrected chi connectivity index (χ4v) is 5.12. The second-order valence-electron chi connectivity index (χ2n) is 7.26. The van der Waals surface area contributed by atoms with Gasteiger partial charge in [0, 0.05) is 49.8 Å². The molecule has 0 radical (unpaired) electrons. The zero-order valence-corrected chi connectivity index (χ0v) is 18.3. The van der Waals surface area contributed by atoms with Crippen molar-refractivity contribution >= 4 is 32.9 Å². The molecule has 2 amide bonds. The van der Waals surface area contributed by atoms with Crippen LogP contribution in [0, 0.1) is 0 Å². The van der Waals surface area contributed by atoms with E-state index in [1.54, 1.807) is 19.1 Å². The minimum atomic E-state index is -3.67.